The van der Waals surface area contributed by atoms with Gasteiger partial charge in [0.25, 0.3) is 0 Å². The molecule has 3 aromatic rings. The molecular formula is C20H15F2N3OS3. The molecule has 1 atom stereocenters. The van der Waals surface area contributed by atoms with Crippen molar-refractivity contribution in [3.8, 4) is 11.3 Å². The number of anilines is 1. The van der Waals surface area contributed by atoms with E-state index in [-0.39, 0.29) is 11.2 Å². The standard InChI is InChI=1S/C20H15F2N3OS3/c1-11(29-20-24-16-5-3-2-4-13(16)9-28-20)18(26)25-19-23-17(10-27-19)12-6-7-14(21)15(22)8-12/h2-8,10-11H,9H2,1H3,(H,23,25,26)/t11-/m1/s1. The first-order valence-electron chi connectivity index (χ1n) is 8.67. The molecule has 0 fully saturated rings. The summed E-state index contributed by atoms with van der Waals surface area (Å²) in [6.07, 6.45) is 0. The Balaban J connectivity index is 1.40. The quantitative estimate of drug-likeness (QED) is 0.526. The van der Waals surface area contributed by atoms with Crippen LogP contribution in [0.5, 0.6) is 0 Å². The number of carbonyl (C=O) groups is 1. The van der Waals surface area contributed by atoms with E-state index in [1.165, 1.54) is 34.7 Å². The van der Waals surface area contributed by atoms with E-state index in [1.807, 2.05) is 25.1 Å². The minimum absolute atomic E-state index is 0.191. The van der Waals surface area contributed by atoms with Crippen LogP contribution in [0.3, 0.4) is 0 Å². The number of hydrogen-bond acceptors (Lipinski definition) is 6. The van der Waals surface area contributed by atoms with Gasteiger partial charge in [0.15, 0.2) is 16.8 Å². The maximum atomic E-state index is 13.4. The second kappa shape index (κ2) is 8.64. The normalized spacial score (nSPS) is 14.1. The number of thioether (sulfide) groups is 2. The van der Waals surface area contributed by atoms with Gasteiger partial charge in [-0.2, -0.15) is 0 Å². The van der Waals surface area contributed by atoms with Crippen molar-refractivity contribution in [3.05, 3.63) is 65.0 Å². The molecule has 1 amide bonds. The summed E-state index contributed by atoms with van der Waals surface area (Å²) < 4.78 is 27.4. The summed E-state index contributed by atoms with van der Waals surface area (Å²) in [6, 6.07) is 11.6. The lowest BCUT2D eigenvalue weighted by atomic mass is 10.2. The molecule has 0 aliphatic carbocycles. The molecule has 2 aromatic carbocycles. The van der Waals surface area contributed by atoms with Gasteiger partial charge in [0.1, 0.15) is 4.38 Å². The van der Waals surface area contributed by atoms with Crippen molar-refractivity contribution in [1.82, 2.24) is 4.98 Å². The first-order valence-corrected chi connectivity index (χ1v) is 11.4. The third-order valence-corrected chi connectivity index (χ3v) is 7.21. The van der Waals surface area contributed by atoms with Crippen LogP contribution in [0.2, 0.25) is 0 Å². The van der Waals surface area contributed by atoms with E-state index in [1.54, 1.807) is 17.1 Å². The molecule has 0 bridgehead atoms. The Bertz CT molecular complexity index is 1100. The molecule has 2 heterocycles. The summed E-state index contributed by atoms with van der Waals surface area (Å²) in [5, 5.41) is 4.52. The van der Waals surface area contributed by atoms with Crippen molar-refractivity contribution < 1.29 is 13.6 Å². The number of rotatable bonds is 4. The Morgan fingerprint density at radius 1 is 1.21 bits per heavy atom. The number of para-hydroxylation sites is 1. The second-order valence-corrected chi connectivity index (χ2v) is 9.62. The predicted molar refractivity (Wildman–Crippen MR) is 118 cm³/mol. The molecule has 1 N–H and O–H groups in total. The molecular weight excluding hydrogens is 432 g/mol. The van der Waals surface area contributed by atoms with Crippen molar-refractivity contribution >= 4 is 56.0 Å². The van der Waals surface area contributed by atoms with Crippen LogP contribution in [-0.2, 0) is 10.5 Å². The van der Waals surface area contributed by atoms with Gasteiger partial charge in [-0.25, -0.2) is 18.8 Å². The fourth-order valence-electron chi connectivity index (χ4n) is 2.60. The monoisotopic (exact) mass is 447 g/mol. The summed E-state index contributed by atoms with van der Waals surface area (Å²) in [5.74, 6) is -1.20. The minimum atomic E-state index is -0.932. The Morgan fingerprint density at radius 3 is 2.86 bits per heavy atom. The maximum Gasteiger partial charge on any atom is 0.239 e. The van der Waals surface area contributed by atoms with E-state index in [9.17, 15) is 13.6 Å². The van der Waals surface area contributed by atoms with Gasteiger partial charge < -0.3 is 5.32 Å². The van der Waals surface area contributed by atoms with Gasteiger partial charge in [0.2, 0.25) is 5.91 Å². The molecule has 9 heteroatoms. The molecule has 0 radical (unpaired) electrons. The number of nitrogens with zero attached hydrogens (tertiary/aromatic N) is 2. The maximum absolute atomic E-state index is 13.4. The highest BCUT2D eigenvalue weighted by molar-refractivity contribution is 8.39. The average Bonchev–Trinajstić information content (AvgIpc) is 3.18. The third kappa shape index (κ3) is 4.68. The van der Waals surface area contributed by atoms with Gasteiger partial charge in [0.05, 0.1) is 16.6 Å². The number of aromatic nitrogens is 1. The summed E-state index contributed by atoms with van der Waals surface area (Å²) in [4.78, 5) is 21.5. The van der Waals surface area contributed by atoms with Crippen LogP contribution in [0.4, 0.5) is 19.6 Å². The number of carbonyl (C=O) groups excluding carboxylic acids is 1. The number of nitrogens with one attached hydrogen (secondary N) is 1. The largest absolute Gasteiger partial charge is 0.301 e. The molecule has 1 aliphatic heterocycles. The fourth-order valence-corrected chi connectivity index (χ4v) is 5.51. The van der Waals surface area contributed by atoms with Crippen molar-refractivity contribution in [1.29, 1.82) is 0 Å². The lowest BCUT2D eigenvalue weighted by Gasteiger charge is -2.16. The minimum Gasteiger partial charge on any atom is -0.301 e. The molecule has 0 saturated carbocycles. The van der Waals surface area contributed by atoms with Gasteiger partial charge in [-0.15, -0.1) is 11.3 Å². The molecule has 0 spiro atoms. The first kappa shape index (κ1) is 20.1. The van der Waals surface area contributed by atoms with Crippen LogP contribution in [0, 0.1) is 11.6 Å². The van der Waals surface area contributed by atoms with Crippen molar-refractivity contribution in [3.63, 3.8) is 0 Å². The molecule has 0 saturated heterocycles. The number of aliphatic imine (C=N–C) groups is 1. The Kier molecular flexibility index (Phi) is 5.98. The second-order valence-electron chi connectivity index (χ2n) is 6.21. The molecule has 1 aliphatic rings. The summed E-state index contributed by atoms with van der Waals surface area (Å²) in [7, 11) is 0. The number of fused-ring (bicyclic) bond motifs is 1. The van der Waals surface area contributed by atoms with E-state index in [0.29, 0.717) is 16.4 Å². The molecule has 4 nitrogen and oxygen atoms in total. The number of amides is 1. The highest BCUT2D eigenvalue weighted by Crippen LogP contribution is 2.36. The van der Waals surface area contributed by atoms with E-state index in [4.69, 9.17) is 0 Å². The van der Waals surface area contributed by atoms with Crippen LogP contribution < -0.4 is 5.32 Å². The number of thiazole rings is 1. The summed E-state index contributed by atoms with van der Waals surface area (Å²) in [5.41, 5.74) is 3.06. The smallest absolute Gasteiger partial charge is 0.239 e. The topological polar surface area (TPSA) is 54.4 Å². The Morgan fingerprint density at radius 2 is 2.03 bits per heavy atom. The first-order chi connectivity index (χ1) is 14.0. The molecule has 29 heavy (non-hydrogen) atoms. The van der Waals surface area contributed by atoms with Gasteiger partial charge in [-0.05, 0) is 36.8 Å². The summed E-state index contributed by atoms with van der Waals surface area (Å²) in [6.45, 7) is 1.81. The molecule has 1 aromatic heterocycles. The lowest BCUT2D eigenvalue weighted by molar-refractivity contribution is -0.115. The van der Waals surface area contributed by atoms with Crippen LogP contribution in [0.1, 0.15) is 12.5 Å². The SMILES string of the molecule is C[C@@H](SC1=Nc2ccccc2CS1)C(=O)Nc1nc(-c2ccc(F)c(F)c2)cs1. The highest BCUT2D eigenvalue weighted by atomic mass is 32.2. The van der Waals surface area contributed by atoms with E-state index in [0.717, 1.165) is 27.9 Å². The number of hydrogen-bond donors (Lipinski definition) is 1. The van der Waals surface area contributed by atoms with E-state index >= 15 is 0 Å². The zero-order valence-corrected chi connectivity index (χ0v) is 17.6. The number of benzene rings is 2. The van der Waals surface area contributed by atoms with Crippen LogP contribution in [0.15, 0.2) is 52.8 Å². The highest BCUT2D eigenvalue weighted by Gasteiger charge is 2.21. The fraction of sp³-hybridized carbons (Fsp3) is 0.150. The van der Waals surface area contributed by atoms with Gasteiger partial charge in [-0.3, -0.25) is 4.79 Å². The van der Waals surface area contributed by atoms with Gasteiger partial charge in [-0.1, -0.05) is 41.7 Å². The predicted octanol–water partition coefficient (Wildman–Crippen LogP) is 6.08. The van der Waals surface area contributed by atoms with E-state index < -0.39 is 11.6 Å². The van der Waals surface area contributed by atoms with E-state index in [2.05, 4.69) is 21.4 Å². The van der Waals surface area contributed by atoms with Gasteiger partial charge >= 0.3 is 0 Å². The molecule has 148 valence electrons. The van der Waals surface area contributed by atoms with Crippen LogP contribution in [-0.4, -0.2) is 20.5 Å². The Hall–Kier alpha value is -2.23. The Labute approximate surface area is 178 Å². The number of halogens is 2. The molecule has 0 unspecified atom stereocenters. The van der Waals surface area contributed by atoms with Crippen LogP contribution >= 0.6 is 34.9 Å². The van der Waals surface area contributed by atoms with Crippen molar-refractivity contribution in [2.75, 3.05) is 5.32 Å². The van der Waals surface area contributed by atoms with Crippen molar-refractivity contribution in [2.45, 2.75) is 17.9 Å². The van der Waals surface area contributed by atoms with Crippen molar-refractivity contribution in [2.24, 2.45) is 4.99 Å². The average molecular weight is 448 g/mol. The zero-order chi connectivity index (χ0) is 20.4. The summed E-state index contributed by atoms with van der Waals surface area (Å²) >= 11 is 4.25. The van der Waals surface area contributed by atoms with Crippen LogP contribution in [0.25, 0.3) is 11.3 Å². The third-order valence-electron chi connectivity index (χ3n) is 4.15. The van der Waals surface area contributed by atoms with Gasteiger partial charge in [0, 0.05) is 16.7 Å². The lowest BCUT2D eigenvalue weighted by Crippen LogP contribution is -2.23. The molecule has 4 rings (SSSR count). The zero-order valence-electron chi connectivity index (χ0n) is 15.2.